The molecule has 3 atom stereocenters. The lowest BCUT2D eigenvalue weighted by Gasteiger charge is -2.43. The fourth-order valence-corrected chi connectivity index (χ4v) is 4.02. The Morgan fingerprint density at radius 1 is 1.24 bits per heavy atom. The molecule has 0 aliphatic carbocycles. The average Bonchev–Trinajstić information content (AvgIpc) is 2.85. The van der Waals surface area contributed by atoms with Crippen molar-refractivity contribution in [1.82, 2.24) is 20.5 Å². The summed E-state index contributed by atoms with van der Waals surface area (Å²) >= 11 is 0. The maximum absolute atomic E-state index is 12.8. The van der Waals surface area contributed by atoms with Crippen LogP contribution in [0.1, 0.15) is 39.2 Å². The number of anilines is 1. The monoisotopic (exact) mass is 459 g/mol. The quantitative estimate of drug-likeness (QED) is 0.361. The predicted molar refractivity (Wildman–Crippen MR) is 122 cm³/mol. The molecule has 0 saturated carbocycles. The normalized spacial score (nSPS) is 19.5. The molecule has 3 N–H and O–H groups in total. The summed E-state index contributed by atoms with van der Waals surface area (Å²) in [6.45, 7) is 8.09. The number of piperazine rings is 1. The highest BCUT2D eigenvalue weighted by atomic mass is 16.7. The van der Waals surface area contributed by atoms with Gasteiger partial charge in [0.1, 0.15) is 11.9 Å². The smallest absolute Gasteiger partial charge is 0.282 e. The number of amides is 1. The van der Waals surface area contributed by atoms with E-state index in [9.17, 15) is 15.1 Å². The number of carbonyl (C=O) groups excluding carboxylic acids is 1. The van der Waals surface area contributed by atoms with Gasteiger partial charge in [-0.3, -0.25) is 14.8 Å². The Kier molecular flexibility index (Phi) is 8.56. The van der Waals surface area contributed by atoms with Crippen LogP contribution in [0.5, 0.6) is 5.75 Å². The van der Waals surface area contributed by atoms with Gasteiger partial charge in [0.2, 0.25) is 5.95 Å². The highest BCUT2D eigenvalue weighted by Crippen LogP contribution is 2.33. The van der Waals surface area contributed by atoms with Crippen LogP contribution in [0.15, 0.2) is 42.7 Å². The van der Waals surface area contributed by atoms with Gasteiger partial charge in [-0.2, -0.15) is 5.06 Å². The maximum Gasteiger partial charge on any atom is 0.282 e. The molecule has 2 heterocycles. The molecular weight excluding hydrogens is 426 g/mol. The summed E-state index contributed by atoms with van der Waals surface area (Å²) in [5.41, 5.74) is -0.181. The number of hydrogen-bond donors (Lipinski definition) is 3. The van der Waals surface area contributed by atoms with Gasteiger partial charge in [-0.15, -0.1) is 0 Å². The SMILES string of the molecule is CCCC(ON1CCN(c2ncccn2)C[C@H]1C)C(O)(C(=O)NO)c1ccc(OCC)cc1. The van der Waals surface area contributed by atoms with E-state index in [1.807, 2.05) is 20.8 Å². The molecule has 1 aromatic heterocycles. The van der Waals surface area contributed by atoms with Crippen LogP contribution in [-0.4, -0.2) is 69.6 Å². The zero-order chi connectivity index (χ0) is 23.8. The number of aliphatic hydroxyl groups is 1. The third-order valence-electron chi connectivity index (χ3n) is 5.73. The number of aromatic nitrogens is 2. The number of nitrogens with one attached hydrogen (secondary N) is 1. The fraction of sp³-hybridized carbons (Fsp3) is 0.522. The molecule has 1 saturated heterocycles. The zero-order valence-corrected chi connectivity index (χ0v) is 19.3. The van der Waals surface area contributed by atoms with Crippen LogP contribution in [0.2, 0.25) is 0 Å². The van der Waals surface area contributed by atoms with E-state index in [-0.39, 0.29) is 6.04 Å². The molecule has 0 bridgehead atoms. The van der Waals surface area contributed by atoms with Gasteiger partial charge >= 0.3 is 0 Å². The van der Waals surface area contributed by atoms with E-state index in [0.29, 0.717) is 56.3 Å². The van der Waals surface area contributed by atoms with Crippen molar-refractivity contribution < 1.29 is 24.7 Å². The largest absolute Gasteiger partial charge is 0.494 e. The molecule has 10 nitrogen and oxygen atoms in total. The van der Waals surface area contributed by atoms with Gasteiger partial charge in [0.05, 0.1) is 12.6 Å². The number of hydrogen-bond acceptors (Lipinski definition) is 9. The molecule has 1 aliphatic heterocycles. The Labute approximate surface area is 194 Å². The lowest BCUT2D eigenvalue weighted by atomic mass is 9.85. The number of rotatable bonds is 10. The summed E-state index contributed by atoms with van der Waals surface area (Å²) in [6, 6.07) is 8.30. The zero-order valence-electron chi connectivity index (χ0n) is 19.3. The van der Waals surface area contributed by atoms with E-state index in [4.69, 9.17) is 9.57 Å². The number of hydroxylamine groups is 3. The number of ether oxygens (including phenoxy) is 1. The Balaban J connectivity index is 1.81. The predicted octanol–water partition coefficient (Wildman–Crippen LogP) is 1.88. The second-order valence-electron chi connectivity index (χ2n) is 8.03. The number of benzene rings is 1. The second kappa shape index (κ2) is 11.4. The summed E-state index contributed by atoms with van der Waals surface area (Å²) in [5, 5.41) is 22.8. The van der Waals surface area contributed by atoms with Gasteiger partial charge in [0.25, 0.3) is 5.91 Å². The lowest BCUT2D eigenvalue weighted by Crippen LogP contribution is -2.58. The number of nitrogens with zero attached hydrogens (tertiary/aromatic N) is 4. The summed E-state index contributed by atoms with van der Waals surface area (Å²) in [6.07, 6.45) is 3.55. The van der Waals surface area contributed by atoms with Crippen LogP contribution >= 0.6 is 0 Å². The van der Waals surface area contributed by atoms with Crippen LogP contribution in [-0.2, 0) is 15.2 Å². The third-order valence-corrected chi connectivity index (χ3v) is 5.73. The lowest BCUT2D eigenvalue weighted by molar-refractivity contribution is -0.265. The first kappa shape index (κ1) is 24.8. The van der Waals surface area contributed by atoms with Gasteiger partial charge < -0.3 is 14.7 Å². The van der Waals surface area contributed by atoms with Crippen molar-refractivity contribution in [3.63, 3.8) is 0 Å². The van der Waals surface area contributed by atoms with E-state index < -0.39 is 17.6 Å². The van der Waals surface area contributed by atoms with Crippen LogP contribution in [0, 0.1) is 0 Å². The maximum atomic E-state index is 12.8. The Bertz CT molecular complexity index is 885. The van der Waals surface area contributed by atoms with E-state index in [1.165, 1.54) is 0 Å². The van der Waals surface area contributed by atoms with Gasteiger partial charge in [-0.25, -0.2) is 15.4 Å². The van der Waals surface area contributed by atoms with Crippen molar-refractivity contribution in [2.45, 2.75) is 51.4 Å². The Hall–Kier alpha value is -2.79. The molecule has 3 rings (SSSR count). The first-order valence-electron chi connectivity index (χ1n) is 11.3. The molecule has 1 aromatic carbocycles. The molecular formula is C23H33N5O5. The van der Waals surface area contributed by atoms with E-state index >= 15 is 0 Å². The third kappa shape index (κ3) is 5.59. The van der Waals surface area contributed by atoms with E-state index in [1.54, 1.807) is 53.3 Å². The number of carbonyl (C=O) groups is 1. The minimum absolute atomic E-state index is 0.0521. The van der Waals surface area contributed by atoms with Crippen molar-refractivity contribution in [3.05, 3.63) is 48.3 Å². The summed E-state index contributed by atoms with van der Waals surface area (Å²) in [5.74, 6) is 0.322. The molecule has 180 valence electrons. The highest BCUT2D eigenvalue weighted by Gasteiger charge is 2.48. The van der Waals surface area contributed by atoms with Crippen LogP contribution in [0.25, 0.3) is 0 Å². The minimum atomic E-state index is -2.10. The van der Waals surface area contributed by atoms with Crippen LogP contribution < -0.4 is 15.1 Å². The molecule has 0 spiro atoms. The molecule has 10 heteroatoms. The van der Waals surface area contributed by atoms with Crippen molar-refractivity contribution in [2.75, 3.05) is 31.1 Å². The standard InChI is InChI=1S/C23H33N5O5/c1-4-7-20(23(30,21(29)26-31)18-8-10-19(11-9-18)32-5-2)33-28-15-14-27(16-17(28)3)22-24-12-6-13-25-22/h6,8-13,17,20,30-31H,4-5,7,14-16H2,1-3H3,(H,26,29)/t17-,20?,23?/m1/s1. The molecule has 33 heavy (non-hydrogen) atoms. The first-order valence-corrected chi connectivity index (χ1v) is 11.3. The molecule has 2 aromatic rings. The van der Waals surface area contributed by atoms with Crippen molar-refractivity contribution in [1.29, 1.82) is 0 Å². The molecule has 1 amide bonds. The fourth-order valence-electron chi connectivity index (χ4n) is 4.02. The summed E-state index contributed by atoms with van der Waals surface area (Å²) < 4.78 is 5.46. The highest BCUT2D eigenvalue weighted by molar-refractivity contribution is 5.86. The van der Waals surface area contributed by atoms with E-state index in [2.05, 4.69) is 14.9 Å². The van der Waals surface area contributed by atoms with Crippen LogP contribution in [0.3, 0.4) is 0 Å². The van der Waals surface area contributed by atoms with Gasteiger partial charge in [0, 0.05) is 32.0 Å². The second-order valence-corrected chi connectivity index (χ2v) is 8.03. The molecule has 1 aliphatic rings. The van der Waals surface area contributed by atoms with Crippen molar-refractivity contribution in [2.24, 2.45) is 0 Å². The first-order chi connectivity index (χ1) is 15.9. The topological polar surface area (TPSA) is 120 Å². The molecule has 0 radical (unpaired) electrons. The molecule has 1 fully saturated rings. The average molecular weight is 460 g/mol. The van der Waals surface area contributed by atoms with Gasteiger partial charge in [-0.05, 0) is 44.0 Å². The molecule has 2 unspecified atom stereocenters. The van der Waals surface area contributed by atoms with Gasteiger partial charge in [0.15, 0.2) is 5.60 Å². The van der Waals surface area contributed by atoms with Gasteiger partial charge in [-0.1, -0.05) is 25.5 Å². The van der Waals surface area contributed by atoms with Crippen LogP contribution in [0.4, 0.5) is 5.95 Å². The summed E-state index contributed by atoms with van der Waals surface area (Å²) in [4.78, 5) is 29.7. The minimum Gasteiger partial charge on any atom is -0.494 e. The Morgan fingerprint density at radius 3 is 2.52 bits per heavy atom. The van der Waals surface area contributed by atoms with Crippen molar-refractivity contribution in [3.8, 4) is 5.75 Å². The van der Waals surface area contributed by atoms with E-state index in [0.717, 1.165) is 0 Å². The Morgan fingerprint density at radius 2 is 1.94 bits per heavy atom. The van der Waals surface area contributed by atoms with Crippen molar-refractivity contribution >= 4 is 11.9 Å². The summed E-state index contributed by atoms with van der Waals surface area (Å²) in [7, 11) is 0.